The van der Waals surface area contributed by atoms with E-state index in [1.165, 1.54) is 0 Å². The van der Waals surface area contributed by atoms with Crippen LogP contribution in [0.1, 0.15) is 5.82 Å². The van der Waals surface area contributed by atoms with Crippen LogP contribution in [0.4, 0.5) is 11.6 Å². The summed E-state index contributed by atoms with van der Waals surface area (Å²) >= 11 is 1.82. The molecule has 0 atom stereocenters. The molecule has 0 saturated carbocycles. The number of aryl methyl sites for hydroxylation is 1. The maximum absolute atomic E-state index is 5.64. The molecule has 0 saturated heterocycles. The molecular weight excluding hydrogens is 196 g/mol. The Labute approximate surface area is 88.9 Å². The summed E-state index contributed by atoms with van der Waals surface area (Å²) in [4.78, 5) is 10.4. The molecule has 0 radical (unpaired) electrons. The molecule has 1 aromatic heterocycles. The van der Waals surface area contributed by atoms with Crippen LogP contribution < -0.4 is 10.6 Å². The predicted molar refractivity (Wildman–Crippen MR) is 62.8 cm³/mol. The third-order valence-electron chi connectivity index (χ3n) is 1.87. The van der Waals surface area contributed by atoms with E-state index < -0.39 is 0 Å². The summed E-state index contributed by atoms with van der Waals surface area (Å²) < 4.78 is 0. The van der Waals surface area contributed by atoms with Gasteiger partial charge in [0.05, 0.1) is 0 Å². The van der Waals surface area contributed by atoms with E-state index in [4.69, 9.17) is 5.73 Å². The summed E-state index contributed by atoms with van der Waals surface area (Å²) in [6, 6.07) is 1.80. The van der Waals surface area contributed by atoms with Crippen LogP contribution in [-0.2, 0) is 0 Å². The Morgan fingerprint density at radius 2 is 2.21 bits per heavy atom. The highest BCUT2D eigenvalue weighted by atomic mass is 32.2. The summed E-state index contributed by atoms with van der Waals surface area (Å²) in [6.45, 7) is 2.82. The van der Waals surface area contributed by atoms with Crippen molar-refractivity contribution < 1.29 is 0 Å². The number of rotatable bonds is 4. The van der Waals surface area contributed by atoms with Crippen LogP contribution in [0.15, 0.2) is 6.07 Å². The van der Waals surface area contributed by atoms with E-state index in [9.17, 15) is 0 Å². The van der Waals surface area contributed by atoms with Crippen molar-refractivity contribution in [2.24, 2.45) is 0 Å². The molecule has 5 heteroatoms. The minimum absolute atomic E-state index is 0.531. The quantitative estimate of drug-likeness (QED) is 0.812. The number of thioether (sulfide) groups is 1. The van der Waals surface area contributed by atoms with Gasteiger partial charge in [0, 0.05) is 25.4 Å². The first kappa shape index (κ1) is 11.1. The molecule has 4 nitrogen and oxygen atoms in total. The highest BCUT2D eigenvalue weighted by molar-refractivity contribution is 7.98. The largest absolute Gasteiger partial charge is 0.384 e. The van der Waals surface area contributed by atoms with Crippen molar-refractivity contribution >= 4 is 23.4 Å². The number of hydrogen-bond acceptors (Lipinski definition) is 5. The van der Waals surface area contributed by atoms with E-state index in [0.717, 1.165) is 23.9 Å². The number of nitrogen functional groups attached to an aromatic ring is 1. The van der Waals surface area contributed by atoms with Crippen LogP contribution in [0.3, 0.4) is 0 Å². The Kier molecular flexibility index (Phi) is 4.00. The minimum atomic E-state index is 0.531. The van der Waals surface area contributed by atoms with E-state index in [1.807, 2.05) is 25.7 Å². The number of nitrogens with two attached hydrogens (primary N) is 1. The lowest BCUT2D eigenvalue weighted by Gasteiger charge is -2.17. The van der Waals surface area contributed by atoms with Gasteiger partial charge in [-0.2, -0.15) is 11.8 Å². The zero-order valence-corrected chi connectivity index (χ0v) is 9.64. The fourth-order valence-corrected chi connectivity index (χ4v) is 1.57. The lowest BCUT2D eigenvalue weighted by atomic mass is 10.4. The summed E-state index contributed by atoms with van der Waals surface area (Å²) in [6.07, 6.45) is 2.09. The third kappa shape index (κ3) is 3.06. The van der Waals surface area contributed by atoms with Gasteiger partial charge in [0.15, 0.2) is 0 Å². The van der Waals surface area contributed by atoms with Gasteiger partial charge in [-0.25, -0.2) is 9.97 Å². The highest BCUT2D eigenvalue weighted by Crippen LogP contribution is 2.12. The lowest BCUT2D eigenvalue weighted by molar-refractivity contribution is 0.921. The van der Waals surface area contributed by atoms with Crippen molar-refractivity contribution in [3.63, 3.8) is 0 Å². The maximum atomic E-state index is 5.64. The van der Waals surface area contributed by atoms with Gasteiger partial charge < -0.3 is 10.6 Å². The zero-order valence-electron chi connectivity index (χ0n) is 8.82. The molecule has 0 aliphatic heterocycles. The van der Waals surface area contributed by atoms with Crippen molar-refractivity contribution in [1.82, 2.24) is 9.97 Å². The molecule has 78 valence electrons. The topological polar surface area (TPSA) is 55.0 Å². The number of aromatic nitrogens is 2. The molecular formula is C9H16N4S. The van der Waals surface area contributed by atoms with Crippen LogP contribution in [0.2, 0.25) is 0 Å². The van der Waals surface area contributed by atoms with Crippen LogP contribution in [0.25, 0.3) is 0 Å². The van der Waals surface area contributed by atoms with Crippen LogP contribution in [-0.4, -0.2) is 35.6 Å². The van der Waals surface area contributed by atoms with Crippen LogP contribution in [0, 0.1) is 6.92 Å². The molecule has 0 unspecified atom stereocenters. The lowest BCUT2D eigenvalue weighted by Crippen LogP contribution is -2.22. The smallest absolute Gasteiger partial charge is 0.134 e. The summed E-state index contributed by atoms with van der Waals surface area (Å²) in [5.74, 6) is 3.22. The molecule has 0 amide bonds. The fraction of sp³-hybridized carbons (Fsp3) is 0.556. The SMILES string of the molecule is CSCCN(C)c1cc(N)nc(C)n1. The molecule has 1 aromatic rings. The van der Waals surface area contributed by atoms with Crippen molar-refractivity contribution in [3.8, 4) is 0 Å². The standard InChI is InChI=1S/C9H16N4S/c1-7-11-8(10)6-9(12-7)13(2)4-5-14-3/h6H,4-5H2,1-3H3,(H2,10,11,12). The van der Waals surface area contributed by atoms with Gasteiger partial charge in [0.1, 0.15) is 17.5 Å². The Bertz CT molecular complexity index is 283. The van der Waals surface area contributed by atoms with Crippen molar-refractivity contribution in [2.45, 2.75) is 6.92 Å². The summed E-state index contributed by atoms with van der Waals surface area (Å²) in [5.41, 5.74) is 5.64. The van der Waals surface area contributed by atoms with Crippen LogP contribution in [0.5, 0.6) is 0 Å². The molecule has 0 aliphatic carbocycles. The van der Waals surface area contributed by atoms with E-state index in [2.05, 4.69) is 21.1 Å². The highest BCUT2D eigenvalue weighted by Gasteiger charge is 2.04. The van der Waals surface area contributed by atoms with E-state index in [1.54, 1.807) is 6.07 Å². The van der Waals surface area contributed by atoms with Crippen molar-refractivity contribution in [2.75, 3.05) is 36.2 Å². The van der Waals surface area contributed by atoms with Crippen molar-refractivity contribution in [1.29, 1.82) is 0 Å². The average molecular weight is 212 g/mol. The molecule has 14 heavy (non-hydrogen) atoms. The minimum Gasteiger partial charge on any atom is -0.384 e. The molecule has 0 aromatic carbocycles. The van der Waals surface area contributed by atoms with Gasteiger partial charge in [-0.3, -0.25) is 0 Å². The van der Waals surface area contributed by atoms with E-state index in [0.29, 0.717) is 5.82 Å². The Balaban J connectivity index is 2.73. The Hall–Kier alpha value is -0.970. The van der Waals surface area contributed by atoms with E-state index in [-0.39, 0.29) is 0 Å². The first-order chi connectivity index (χ1) is 6.63. The molecule has 1 rings (SSSR count). The number of hydrogen-bond donors (Lipinski definition) is 1. The van der Waals surface area contributed by atoms with Gasteiger partial charge in [-0.1, -0.05) is 0 Å². The monoisotopic (exact) mass is 212 g/mol. The van der Waals surface area contributed by atoms with Crippen molar-refractivity contribution in [3.05, 3.63) is 11.9 Å². The second-order valence-corrected chi connectivity index (χ2v) is 4.10. The van der Waals surface area contributed by atoms with Gasteiger partial charge >= 0.3 is 0 Å². The number of nitrogens with zero attached hydrogens (tertiary/aromatic N) is 3. The van der Waals surface area contributed by atoms with Crippen LogP contribution >= 0.6 is 11.8 Å². The van der Waals surface area contributed by atoms with Gasteiger partial charge in [0.25, 0.3) is 0 Å². The molecule has 0 bridgehead atoms. The van der Waals surface area contributed by atoms with Gasteiger partial charge in [-0.15, -0.1) is 0 Å². The van der Waals surface area contributed by atoms with E-state index >= 15 is 0 Å². The average Bonchev–Trinajstić information content (AvgIpc) is 2.12. The van der Waals surface area contributed by atoms with Gasteiger partial charge in [-0.05, 0) is 13.2 Å². The normalized spacial score (nSPS) is 10.2. The van der Waals surface area contributed by atoms with Gasteiger partial charge in [0.2, 0.25) is 0 Å². The first-order valence-corrected chi connectivity index (χ1v) is 5.84. The Morgan fingerprint density at radius 3 is 2.79 bits per heavy atom. The predicted octanol–water partition coefficient (Wildman–Crippen LogP) is 1.17. The molecule has 0 fully saturated rings. The summed E-state index contributed by atoms with van der Waals surface area (Å²) in [5, 5.41) is 0. The fourth-order valence-electron chi connectivity index (χ4n) is 1.11. The Morgan fingerprint density at radius 1 is 1.50 bits per heavy atom. The first-order valence-electron chi connectivity index (χ1n) is 4.44. The second kappa shape index (κ2) is 5.05. The molecule has 1 heterocycles. The maximum Gasteiger partial charge on any atom is 0.134 e. The third-order valence-corrected chi connectivity index (χ3v) is 2.46. The molecule has 0 spiro atoms. The second-order valence-electron chi connectivity index (χ2n) is 3.11. The molecule has 2 N–H and O–H groups in total. The summed E-state index contributed by atoms with van der Waals surface area (Å²) in [7, 11) is 2.01. The molecule has 0 aliphatic rings. The number of anilines is 2. The zero-order chi connectivity index (χ0) is 10.6.